The van der Waals surface area contributed by atoms with Crippen LogP contribution in [0.15, 0.2) is 79.4 Å². The summed E-state index contributed by atoms with van der Waals surface area (Å²) in [6.45, 7) is 3.07. The van der Waals surface area contributed by atoms with Gasteiger partial charge in [0.2, 0.25) is 11.8 Å². The number of H-pyrrole nitrogens is 1. The fourth-order valence-electron chi connectivity index (χ4n) is 5.71. The van der Waals surface area contributed by atoms with Crippen molar-refractivity contribution in [3.05, 3.63) is 90.6 Å². The predicted molar refractivity (Wildman–Crippen MR) is 158 cm³/mol. The number of carbonyl (C=O) groups excluding carboxylic acids is 3. The van der Waals surface area contributed by atoms with Gasteiger partial charge in [0.05, 0.1) is 24.6 Å². The van der Waals surface area contributed by atoms with E-state index in [1.165, 1.54) is 11.8 Å². The van der Waals surface area contributed by atoms with Crippen molar-refractivity contribution < 1.29 is 18.8 Å². The van der Waals surface area contributed by atoms with Gasteiger partial charge in [0.25, 0.3) is 0 Å². The summed E-state index contributed by atoms with van der Waals surface area (Å²) < 4.78 is 16.4. The summed E-state index contributed by atoms with van der Waals surface area (Å²) in [4.78, 5) is 44.0. The van der Waals surface area contributed by atoms with Crippen LogP contribution in [0.1, 0.15) is 29.4 Å². The summed E-state index contributed by atoms with van der Waals surface area (Å²) >= 11 is 0. The van der Waals surface area contributed by atoms with Crippen LogP contribution in [-0.2, 0) is 16.1 Å². The number of aryl methyl sites for hydroxylation is 1. The van der Waals surface area contributed by atoms with Gasteiger partial charge in [0, 0.05) is 52.1 Å². The van der Waals surface area contributed by atoms with Crippen molar-refractivity contribution in [3.63, 3.8) is 0 Å². The molecule has 1 aliphatic rings. The van der Waals surface area contributed by atoms with E-state index in [0.29, 0.717) is 22.2 Å². The van der Waals surface area contributed by atoms with E-state index in [2.05, 4.69) is 20.5 Å². The lowest BCUT2D eigenvalue weighted by Crippen LogP contribution is -2.44. The van der Waals surface area contributed by atoms with Crippen LogP contribution in [-0.4, -0.2) is 61.0 Å². The van der Waals surface area contributed by atoms with Gasteiger partial charge in [-0.05, 0) is 43.2 Å². The number of ketones is 1. The first-order valence-corrected chi connectivity index (χ1v) is 13.7. The average Bonchev–Trinajstić information content (AvgIpc) is 3.68. The second-order valence-electron chi connectivity index (χ2n) is 10.5. The number of alkyl halides is 1. The maximum atomic E-state index is 14.7. The number of hydrogen-bond donors (Lipinski definition) is 2. The molecule has 1 aliphatic heterocycles. The Morgan fingerprint density at radius 2 is 1.86 bits per heavy atom. The van der Waals surface area contributed by atoms with E-state index in [-0.39, 0.29) is 25.3 Å². The average molecular weight is 565 g/mol. The number of hydrogen-bond acceptors (Lipinski definition) is 5. The third-order valence-electron chi connectivity index (χ3n) is 7.75. The van der Waals surface area contributed by atoms with E-state index < -0.39 is 24.0 Å². The third-order valence-corrected chi connectivity index (χ3v) is 7.75. The predicted octanol–water partition coefficient (Wildman–Crippen LogP) is 5.18. The second-order valence-corrected chi connectivity index (χ2v) is 10.5. The van der Waals surface area contributed by atoms with Crippen molar-refractivity contribution in [2.75, 3.05) is 11.9 Å². The number of anilines is 1. The van der Waals surface area contributed by atoms with Crippen molar-refractivity contribution in [3.8, 4) is 22.3 Å². The van der Waals surface area contributed by atoms with Gasteiger partial charge >= 0.3 is 0 Å². The molecule has 3 aromatic heterocycles. The molecule has 10 heteroatoms. The molecule has 5 aromatic rings. The number of nitrogens with zero attached hydrogens (tertiary/aromatic N) is 4. The first kappa shape index (κ1) is 27.1. The van der Waals surface area contributed by atoms with Gasteiger partial charge < -0.3 is 19.8 Å². The highest BCUT2D eigenvalue weighted by atomic mass is 19.1. The summed E-state index contributed by atoms with van der Waals surface area (Å²) in [5.74, 6) is -0.996. The van der Waals surface area contributed by atoms with Crippen LogP contribution >= 0.6 is 0 Å². The topological polar surface area (TPSA) is 113 Å². The molecule has 1 saturated heterocycles. The molecule has 4 heterocycles. The van der Waals surface area contributed by atoms with E-state index in [0.717, 1.165) is 27.9 Å². The van der Waals surface area contributed by atoms with Crippen LogP contribution in [0.5, 0.6) is 0 Å². The zero-order valence-electron chi connectivity index (χ0n) is 23.2. The number of amides is 2. The summed E-state index contributed by atoms with van der Waals surface area (Å²) in [5.41, 5.74) is 6.08. The van der Waals surface area contributed by atoms with Crippen LogP contribution in [0, 0.1) is 6.92 Å². The van der Waals surface area contributed by atoms with Gasteiger partial charge in [-0.3, -0.25) is 14.4 Å². The van der Waals surface area contributed by atoms with E-state index in [1.807, 2.05) is 61.5 Å². The van der Waals surface area contributed by atoms with Gasteiger partial charge in [0.15, 0.2) is 5.78 Å². The molecule has 6 rings (SSSR count). The molecule has 212 valence electrons. The van der Waals surface area contributed by atoms with E-state index >= 15 is 0 Å². The molecule has 2 atom stereocenters. The van der Waals surface area contributed by atoms with Crippen LogP contribution in [0.2, 0.25) is 0 Å². The number of benzene rings is 2. The summed E-state index contributed by atoms with van der Waals surface area (Å²) in [6.07, 6.45) is 5.17. The highest BCUT2D eigenvalue weighted by molar-refractivity contribution is 6.08. The van der Waals surface area contributed by atoms with Crippen molar-refractivity contribution in [1.82, 2.24) is 24.6 Å². The second kappa shape index (κ2) is 11.0. The number of fused-ring (bicyclic) bond motifs is 1. The normalized spacial score (nSPS) is 16.6. The highest BCUT2D eigenvalue weighted by Crippen LogP contribution is 2.33. The Morgan fingerprint density at radius 1 is 1.05 bits per heavy atom. The maximum Gasteiger partial charge on any atom is 0.247 e. The SMILES string of the molecule is CC(=O)c1cn(CC(=O)N2C[C@H](F)C[C@H]2C(=O)Nc2c[nH]c(C)c2-c2ccccc2)c2ccc(-c3ccnnc3)cc12. The van der Waals surface area contributed by atoms with E-state index in [1.54, 1.807) is 29.4 Å². The molecule has 0 saturated carbocycles. The zero-order valence-corrected chi connectivity index (χ0v) is 23.2. The van der Waals surface area contributed by atoms with Gasteiger partial charge in [-0.1, -0.05) is 36.4 Å². The number of nitrogens with one attached hydrogen (secondary N) is 2. The van der Waals surface area contributed by atoms with Gasteiger partial charge in [0.1, 0.15) is 18.8 Å². The van der Waals surface area contributed by atoms with Crippen molar-refractivity contribution >= 4 is 34.2 Å². The Labute approximate surface area is 241 Å². The molecule has 0 bridgehead atoms. The molecule has 2 aromatic carbocycles. The number of aromatic amines is 1. The summed E-state index contributed by atoms with van der Waals surface area (Å²) in [5, 5.41) is 11.4. The molecule has 0 spiro atoms. The highest BCUT2D eigenvalue weighted by Gasteiger charge is 2.40. The molecule has 2 amide bonds. The van der Waals surface area contributed by atoms with Crippen molar-refractivity contribution in [2.24, 2.45) is 0 Å². The Bertz CT molecular complexity index is 1800. The van der Waals surface area contributed by atoms with Gasteiger partial charge in [-0.15, -0.1) is 0 Å². The molecule has 0 aliphatic carbocycles. The van der Waals surface area contributed by atoms with Crippen LogP contribution in [0.25, 0.3) is 33.2 Å². The zero-order chi connectivity index (χ0) is 29.4. The standard InChI is InChI=1S/C32H29FN6O3/c1-19-31(21-6-4-3-5-7-21)27(15-34-19)37-32(42)29-13-24(33)16-39(29)30(41)18-38-17-26(20(2)40)25-12-22(8-9-28(25)38)23-10-11-35-36-14-23/h3-12,14-15,17,24,29,34H,13,16,18H2,1-2H3,(H,37,42)/t24-,29+/m1/s1. The molecular formula is C32H29FN6O3. The molecule has 2 N–H and O–H groups in total. The maximum absolute atomic E-state index is 14.7. The Balaban J connectivity index is 1.25. The number of halogens is 1. The van der Waals surface area contributed by atoms with Crippen molar-refractivity contribution in [2.45, 2.75) is 39.0 Å². The number of Topliss-reactive ketones (excluding diaryl/α,β-unsaturated/α-hetero) is 1. The lowest BCUT2D eigenvalue weighted by Gasteiger charge is -2.24. The number of carbonyl (C=O) groups is 3. The third kappa shape index (κ3) is 5.07. The fraction of sp³-hybridized carbons (Fsp3) is 0.219. The smallest absolute Gasteiger partial charge is 0.247 e. The van der Waals surface area contributed by atoms with Crippen LogP contribution in [0.3, 0.4) is 0 Å². The van der Waals surface area contributed by atoms with Crippen molar-refractivity contribution in [1.29, 1.82) is 0 Å². The quantitative estimate of drug-likeness (QED) is 0.265. The van der Waals surface area contributed by atoms with Gasteiger partial charge in [-0.2, -0.15) is 10.2 Å². The molecule has 42 heavy (non-hydrogen) atoms. The molecule has 1 fully saturated rings. The Hall–Kier alpha value is -5.12. The Morgan fingerprint density at radius 3 is 2.60 bits per heavy atom. The van der Waals surface area contributed by atoms with Crippen LogP contribution < -0.4 is 5.32 Å². The van der Waals surface area contributed by atoms with Gasteiger partial charge in [-0.25, -0.2) is 4.39 Å². The Kier molecular flexibility index (Phi) is 7.12. The lowest BCUT2D eigenvalue weighted by atomic mass is 10.0. The number of aromatic nitrogens is 4. The first-order valence-electron chi connectivity index (χ1n) is 13.7. The van der Waals surface area contributed by atoms with Crippen LogP contribution in [0.4, 0.5) is 10.1 Å². The summed E-state index contributed by atoms with van der Waals surface area (Å²) in [7, 11) is 0. The molecular weight excluding hydrogens is 535 g/mol. The largest absolute Gasteiger partial charge is 0.363 e. The minimum atomic E-state index is -1.32. The minimum absolute atomic E-state index is 0.0872. The van der Waals surface area contributed by atoms with E-state index in [9.17, 15) is 18.8 Å². The van der Waals surface area contributed by atoms with E-state index in [4.69, 9.17) is 0 Å². The summed E-state index contributed by atoms with van der Waals surface area (Å²) in [6, 6.07) is 16.1. The number of likely N-dealkylation sites (tertiary alicyclic amines) is 1. The molecule has 0 unspecified atom stereocenters. The molecule has 0 radical (unpaired) electrons. The molecule has 9 nitrogen and oxygen atoms in total. The fourth-order valence-corrected chi connectivity index (χ4v) is 5.71. The minimum Gasteiger partial charge on any atom is -0.363 e. The monoisotopic (exact) mass is 564 g/mol. The number of rotatable bonds is 7. The first-order chi connectivity index (χ1) is 20.3. The lowest BCUT2D eigenvalue weighted by molar-refractivity contribution is -0.137.